The van der Waals surface area contributed by atoms with Crippen LogP contribution in [-0.2, 0) is 11.2 Å². The molecule has 2 rings (SSSR count). The van der Waals surface area contributed by atoms with Crippen LogP contribution in [-0.4, -0.2) is 39.2 Å². The van der Waals surface area contributed by atoms with Gasteiger partial charge in [0.15, 0.2) is 5.82 Å². The van der Waals surface area contributed by atoms with E-state index in [1.807, 2.05) is 6.92 Å². The van der Waals surface area contributed by atoms with Crippen LogP contribution < -0.4 is 0 Å². The van der Waals surface area contributed by atoms with Crippen molar-refractivity contribution in [3.63, 3.8) is 0 Å². The van der Waals surface area contributed by atoms with Crippen molar-refractivity contribution in [2.75, 3.05) is 13.1 Å². The van der Waals surface area contributed by atoms with Crippen molar-refractivity contribution in [1.82, 2.24) is 15.0 Å². The number of hydrogen-bond donors (Lipinski definition) is 1. The van der Waals surface area contributed by atoms with Crippen LogP contribution >= 0.6 is 12.4 Å². The molecule has 2 heterocycles. The number of likely N-dealkylation sites (tertiary alicyclic amines) is 1. The molecule has 1 aromatic heterocycles. The van der Waals surface area contributed by atoms with E-state index >= 15 is 0 Å². The van der Waals surface area contributed by atoms with Gasteiger partial charge in [0.25, 0.3) is 0 Å². The van der Waals surface area contributed by atoms with E-state index in [0.29, 0.717) is 12.4 Å². The molecule has 0 bridgehead atoms. The number of carboxylic acid groups (broad SMARTS) is 1. The van der Waals surface area contributed by atoms with Gasteiger partial charge in [0.05, 0.1) is 12.0 Å². The highest BCUT2D eigenvalue weighted by atomic mass is 35.5. The summed E-state index contributed by atoms with van der Waals surface area (Å²) in [6.07, 6.45) is 4.65. The lowest BCUT2D eigenvalue weighted by molar-refractivity contribution is -0.144. The zero-order valence-corrected chi connectivity index (χ0v) is 13.4. The number of nitrogens with zero attached hydrogens (tertiary/aromatic N) is 3. The Balaban J connectivity index is 0.00000220. The van der Waals surface area contributed by atoms with Gasteiger partial charge in [-0.3, -0.25) is 9.69 Å². The molecule has 1 fully saturated rings. The summed E-state index contributed by atoms with van der Waals surface area (Å²) < 4.78 is 5.32. The van der Waals surface area contributed by atoms with Crippen LogP contribution in [0, 0.1) is 5.92 Å². The van der Waals surface area contributed by atoms with Gasteiger partial charge < -0.3 is 9.63 Å². The van der Waals surface area contributed by atoms with Gasteiger partial charge in [-0.05, 0) is 32.7 Å². The van der Waals surface area contributed by atoms with E-state index in [-0.39, 0.29) is 24.4 Å². The number of rotatable bonds is 6. The smallest absolute Gasteiger partial charge is 0.307 e. The average molecular weight is 318 g/mol. The Morgan fingerprint density at radius 1 is 1.57 bits per heavy atom. The van der Waals surface area contributed by atoms with E-state index in [2.05, 4.69) is 22.0 Å². The summed E-state index contributed by atoms with van der Waals surface area (Å²) in [5.74, 6) is 0.354. The topological polar surface area (TPSA) is 79.5 Å². The quantitative estimate of drug-likeness (QED) is 0.869. The highest BCUT2D eigenvalue weighted by Crippen LogP contribution is 2.26. The molecule has 0 aliphatic carbocycles. The van der Waals surface area contributed by atoms with E-state index < -0.39 is 5.97 Å². The van der Waals surface area contributed by atoms with Gasteiger partial charge in [0.1, 0.15) is 0 Å². The minimum atomic E-state index is -0.712. The maximum absolute atomic E-state index is 11.1. The predicted octanol–water partition coefficient (Wildman–Crippen LogP) is 2.69. The number of carboxylic acids is 1. The summed E-state index contributed by atoms with van der Waals surface area (Å²) in [5, 5.41) is 13.1. The lowest BCUT2D eigenvalue weighted by Gasteiger charge is -2.33. The third-order valence-corrected chi connectivity index (χ3v) is 3.94. The number of halogens is 1. The largest absolute Gasteiger partial charge is 0.481 e. The molecule has 7 heteroatoms. The normalized spacial score (nSPS) is 20.8. The van der Waals surface area contributed by atoms with E-state index in [0.717, 1.165) is 44.5 Å². The molecule has 1 aliphatic heterocycles. The number of piperidine rings is 1. The van der Waals surface area contributed by atoms with Crippen LogP contribution in [0.4, 0.5) is 0 Å². The highest BCUT2D eigenvalue weighted by molar-refractivity contribution is 5.85. The molecule has 0 aromatic carbocycles. The third kappa shape index (κ3) is 4.68. The van der Waals surface area contributed by atoms with Crippen molar-refractivity contribution in [2.45, 2.75) is 52.0 Å². The number of aromatic nitrogens is 2. The van der Waals surface area contributed by atoms with Gasteiger partial charge >= 0.3 is 5.97 Å². The van der Waals surface area contributed by atoms with Crippen LogP contribution in [0.3, 0.4) is 0 Å². The van der Waals surface area contributed by atoms with Gasteiger partial charge in [-0.15, -0.1) is 12.4 Å². The number of unbranched alkanes of at least 4 members (excludes halogenated alkanes) is 1. The summed E-state index contributed by atoms with van der Waals surface area (Å²) in [6, 6.07) is -0.0139. The van der Waals surface area contributed by atoms with E-state index in [9.17, 15) is 4.79 Å². The first-order valence-corrected chi connectivity index (χ1v) is 7.41. The maximum Gasteiger partial charge on any atom is 0.307 e. The summed E-state index contributed by atoms with van der Waals surface area (Å²) in [6.45, 7) is 5.57. The molecule has 21 heavy (non-hydrogen) atoms. The number of aliphatic carboxylic acids is 1. The zero-order valence-electron chi connectivity index (χ0n) is 12.6. The van der Waals surface area contributed by atoms with E-state index in [1.165, 1.54) is 0 Å². The molecule has 1 saturated heterocycles. The SMILES string of the molecule is CCCCc1noc(C(C)N2CCCC(C(=O)O)C2)n1.Cl. The van der Waals surface area contributed by atoms with Crippen molar-refractivity contribution >= 4 is 18.4 Å². The maximum atomic E-state index is 11.1. The summed E-state index contributed by atoms with van der Waals surface area (Å²) in [4.78, 5) is 17.7. The van der Waals surface area contributed by atoms with Gasteiger partial charge in [0.2, 0.25) is 5.89 Å². The standard InChI is InChI=1S/C14H23N3O3.ClH/c1-3-4-7-12-15-13(20-16-12)10(2)17-8-5-6-11(9-17)14(18)19;/h10-11H,3-9H2,1-2H3,(H,18,19);1H. The Morgan fingerprint density at radius 3 is 3.00 bits per heavy atom. The molecular formula is C14H24ClN3O3. The molecule has 1 aromatic rings. The van der Waals surface area contributed by atoms with Crippen molar-refractivity contribution in [1.29, 1.82) is 0 Å². The fourth-order valence-corrected chi connectivity index (χ4v) is 2.59. The summed E-state index contributed by atoms with van der Waals surface area (Å²) in [7, 11) is 0. The molecule has 0 spiro atoms. The second-order valence-corrected chi connectivity index (χ2v) is 5.50. The molecule has 2 atom stereocenters. The summed E-state index contributed by atoms with van der Waals surface area (Å²) >= 11 is 0. The second-order valence-electron chi connectivity index (χ2n) is 5.50. The molecule has 1 N–H and O–H groups in total. The van der Waals surface area contributed by atoms with Crippen LogP contribution in [0.25, 0.3) is 0 Å². The molecule has 2 unspecified atom stereocenters. The fourth-order valence-electron chi connectivity index (χ4n) is 2.59. The minimum absolute atomic E-state index is 0. The van der Waals surface area contributed by atoms with Crippen molar-refractivity contribution in [3.05, 3.63) is 11.7 Å². The second kappa shape index (κ2) is 8.34. The third-order valence-electron chi connectivity index (χ3n) is 3.94. The van der Waals surface area contributed by atoms with Gasteiger partial charge in [-0.2, -0.15) is 4.98 Å². The van der Waals surface area contributed by atoms with Gasteiger partial charge in [-0.25, -0.2) is 0 Å². The molecule has 0 radical (unpaired) electrons. The molecule has 0 amide bonds. The van der Waals surface area contributed by atoms with Crippen LogP contribution in [0.5, 0.6) is 0 Å². The first-order chi connectivity index (χ1) is 9.61. The minimum Gasteiger partial charge on any atom is -0.481 e. The monoisotopic (exact) mass is 317 g/mol. The highest BCUT2D eigenvalue weighted by Gasteiger charge is 2.30. The first kappa shape index (κ1) is 17.9. The van der Waals surface area contributed by atoms with Crippen LogP contribution in [0.1, 0.15) is 57.3 Å². The Bertz CT molecular complexity index is 452. The molecule has 1 aliphatic rings. The van der Waals surface area contributed by atoms with Crippen LogP contribution in [0.15, 0.2) is 4.52 Å². The Kier molecular flexibility index (Phi) is 7.11. The lowest BCUT2D eigenvalue weighted by Crippen LogP contribution is -2.40. The van der Waals surface area contributed by atoms with Crippen molar-refractivity contribution in [3.8, 4) is 0 Å². The van der Waals surface area contributed by atoms with Crippen molar-refractivity contribution in [2.24, 2.45) is 5.92 Å². The number of hydrogen-bond acceptors (Lipinski definition) is 5. The van der Waals surface area contributed by atoms with Crippen molar-refractivity contribution < 1.29 is 14.4 Å². The molecule has 0 saturated carbocycles. The Hall–Kier alpha value is -1.14. The first-order valence-electron chi connectivity index (χ1n) is 7.41. The van der Waals surface area contributed by atoms with Gasteiger partial charge in [0, 0.05) is 13.0 Å². The molecule has 120 valence electrons. The predicted molar refractivity (Wildman–Crippen MR) is 80.5 cm³/mol. The van der Waals surface area contributed by atoms with Gasteiger partial charge in [-0.1, -0.05) is 18.5 Å². The average Bonchev–Trinajstić information content (AvgIpc) is 2.93. The Labute approximate surface area is 131 Å². The summed E-state index contributed by atoms with van der Waals surface area (Å²) in [5.41, 5.74) is 0. The van der Waals surface area contributed by atoms with E-state index in [4.69, 9.17) is 9.63 Å². The fraction of sp³-hybridized carbons (Fsp3) is 0.786. The van der Waals surface area contributed by atoms with E-state index in [1.54, 1.807) is 0 Å². The zero-order chi connectivity index (χ0) is 14.5. The lowest BCUT2D eigenvalue weighted by atomic mass is 9.97. The number of carbonyl (C=O) groups is 1. The number of aryl methyl sites for hydroxylation is 1. The molecular weight excluding hydrogens is 294 g/mol. The molecule has 6 nitrogen and oxygen atoms in total. The Morgan fingerprint density at radius 2 is 2.33 bits per heavy atom. The van der Waals surface area contributed by atoms with Crippen LogP contribution in [0.2, 0.25) is 0 Å².